The Hall–Kier alpha value is -1.48. The summed E-state index contributed by atoms with van der Waals surface area (Å²) in [6, 6.07) is 6.20. The van der Waals surface area contributed by atoms with Gasteiger partial charge in [0.25, 0.3) is 0 Å². The molecule has 8 heteroatoms. The van der Waals surface area contributed by atoms with E-state index in [1.807, 2.05) is 12.1 Å². The molecule has 0 spiro atoms. The molecule has 0 unspecified atom stereocenters. The molecule has 0 aliphatic carbocycles. The van der Waals surface area contributed by atoms with E-state index in [1.54, 1.807) is 0 Å². The van der Waals surface area contributed by atoms with E-state index in [0.29, 0.717) is 10.2 Å². The van der Waals surface area contributed by atoms with Crippen molar-refractivity contribution in [2.45, 2.75) is 13.8 Å². The predicted octanol–water partition coefficient (Wildman–Crippen LogP) is 1.30. The third-order valence-electron chi connectivity index (χ3n) is 3.59. The lowest BCUT2D eigenvalue weighted by atomic mass is 10.1. The minimum Gasteiger partial charge on any atom is -0.379 e. The number of hydrazine groups is 1. The minimum atomic E-state index is 0.470. The molecule has 0 bridgehead atoms. The summed E-state index contributed by atoms with van der Waals surface area (Å²) in [4.78, 5) is 2.35. The Balaban J connectivity index is 1.62. The highest BCUT2D eigenvalue weighted by Gasteiger charge is 2.09. The van der Waals surface area contributed by atoms with Crippen molar-refractivity contribution in [2.24, 2.45) is 0 Å². The number of aryl methyl sites for hydroxylation is 2. The SMILES string of the molecule is Cc1cc(C)cc(NC(=S)NNC(=S)NCCN2CCOCC2)c1. The molecule has 0 saturated carbocycles. The van der Waals surface area contributed by atoms with Crippen molar-refractivity contribution in [2.75, 3.05) is 44.7 Å². The van der Waals surface area contributed by atoms with Crippen molar-refractivity contribution in [3.63, 3.8) is 0 Å². The summed E-state index contributed by atoms with van der Waals surface area (Å²) in [5.74, 6) is 0. The van der Waals surface area contributed by atoms with Crippen molar-refractivity contribution in [1.29, 1.82) is 0 Å². The lowest BCUT2D eigenvalue weighted by Gasteiger charge is -2.26. The zero-order valence-electron chi connectivity index (χ0n) is 14.1. The molecule has 1 aliphatic rings. The highest BCUT2D eigenvalue weighted by atomic mass is 32.1. The first kappa shape index (κ1) is 18.9. The van der Waals surface area contributed by atoms with Gasteiger partial charge < -0.3 is 15.4 Å². The van der Waals surface area contributed by atoms with E-state index in [9.17, 15) is 0 Å². The van der Waals surface area contributed by atoms with Crippen LogP contribution in [0.15, 0.2) is 18.2 Å². The quantitative estimate of drug-likeness (QED) is 0.469. The van der Waals surface area contributed by atoms with Crippen LogP contribution < -0.4 is 21.5 Å². The lowest BCUT2D eigenvalue weighted by Crippen LogP contribution is -2.50. The van der Waals surface area contributed by atoms with Gasteiger partial charge in [-0.3, -0.25) is 15.8 Å². The molecule has 0 aromatic heterocycles. The van der Waals surface area contributed by atoms with E-state index in [1.165, 1.54) is 11.1 Å². The second-order valence-electron chi connectivity index (χ2n) is 5.79. The zero-order valence-corrected chi connectivity index (χ0v) is 15.8. The summed E-state index contributed by atoms with van der Waals surface area (Å²) >= 11 is 10.5. The maximum atomic E-state index is 5.32. The number of nitrogens with one attached hydrogen (secondary N) is 4. The average Bonchev–Trinajstić information content (AvgIpc) is 2.53. The van der Waals surface area contributed by atoms with Crippen molar-refractivity contribution in [3.05, 3.63) is 29.3 Å². The van der Waals surface area contributed by atoms with E-state index in [0.717, 1.165) is 45.1 Å². The van der Waals surface area contributed by atoms with Gasteiger partial charge in [0.2, 0.25) is 0 Å². The topological polar surface area (TPSA) is 60.6 Å². The highest BCUT2D eigenvalue weighted by molar-refractivity contribution is 7.80. The second-order valence-corrected chi connectivity index (χ2v) is 6.61. The van der Waals surface area contributed by atoms with Crippen LogP contribution in [0.4, 0.5) is 5.69 Å². The Bertz CT molecular complexity index is 555. The molecule has 1 aromatic carbocycles. The van der Waals surface area contributed by atoms with Crippen LogP contribution in [0.2, 0.25) is 0 Å². The monoisotopic (exact) mass is 367 g/mol. The molecular weight excluding hydrogens is 342 g/mol. The molecule has 132 valence electrons. The molecule has 24 heavy (non-hydrogen) atoms. The van der Waals surface area contributed by atoms with Gasteiger partial charge in [-0.2, -0.15) is 0 Å². The van der Waals surface area contributed by atoms with Gasteiger partial charge >= 0.3 is 0 Å². The molecule has 1 aromatic rings. The molecule has 6 nitrogen and oxygen atoms in total. The first-order chi connectivity index (χ1) is 11.5. The van der Waals surface area contributed by atoms with Crippen LogP contribution >= 0.6 is 24.4 Å². The number of benzene rings is 1. The fourth-order valence-corrected chi connectivity index (χ4v) is 2.84. The molecule has 1 heterocycles. The predicted molar refractivity (Wildman–Crippen MR) is 106 cm³/mol. The Morgan fingerprint density at radius 1 is 1.04 bits per heavy atom. The van der Waals surface area contributed by atoms with Gasteiger partial charge in [0.15, 0.2) is 10.2 Å². The molecular formula is C16H25N5OS2. The van der Waals surface area contributed by atoms with Crippen LogP contribution in [-0.2, 0) is 4.74 Å². The van der Waals surface area contributed by atoms with Gasteiger partial charge in [0.1, 0.15) is 0 Å². The molecule has 1 fully saturated rings. The van der Waals surface area contributed by atoms with Crippen LogP contribution in [0, 0.1) is 13.8 Å². The van der Waals surface area contributed by atoms with Crippen molar-refractivity contribution in [3.8, 4) is 0 Å². The number of rotatable bonds is 4. The number of anilines is 1. The summed E-state index contributed by atoms with van der Waals surface area (Å²) in [5, 5.41) is 7.28. The van der Waals surface area contributed by atoms with Crippen LogP contribution in [0.5, 0.6) is 0 Å². The van der Waals surface area contributed by atoms with Gasteiger partial charge in [-0.1, -0.05) is 6.07 Å². The number of hydrogen-bond acceptors (Lipinski definition) is 4. The Morgan fingerprint density at radius 2 is 1.67 bits per heavy atom. The third-order valence-corrected chi connectivity index (χ3v) is 4.04. The molecule has 1 saturated heterocycles. The standard InChI is InChI=1S/C16H25N5OS2/c1-12-9-13(2)11-14(10-12)18-16(24)20-19-15(23)17-3-4-21-5-7-22-8-6-21/h9-11H,3-8H2,1-2H3,(H2,17,19,23)(H2,18,20,24). The van der Waals surface area contributed by atoms with Crippen LogP contribution in [0.1, 0.15) is 11.1 Å². The van der Waals surface area contributed by atoms with E-state index >= 15 is 0 Å². The molecule has 2 rings (SSSR count). The maximum Gasteiger partial charge on any atom is 0.189 e. The maximum absolute atomic E-state index is 5.32. The van der Waals surface area contributed by atoms with Gasteiger partial charge in [-0.25, -0.2) is 0 Å². The molecule has 0 radical (unpaired) electrons. The van der Waals surface area contributed by atoms with Crippen LogP contribution in [0.3, 0.4) is 0 Å². The number of morpholine rings is 1. The second kappa shape index (κ2) is 9.73. The van der Waals surface area contributed by atoms with Crippen molar-refractivity contribution < 1.29 is 4.74 Å². The third kappa shape index (κ3) is 6.96. The highest BCUT2D eigenvalue weighted by Crippen LogP contribution is 2.13. The smallest absolute Gasteiger partial charge is 0.189 e. The first-order valence-electron chi connectivity index (χ1n) is 8.02. The molecule has 0 amide bonds. The first-order valence-corrected chi connectivity index (χ1v) is 8.84. The zero-order chi connectivity index (χ0) is 17.4. The summed E-state index contributed by atoms with van der Waals surface area (Å²) in [6.07, 6.45) is 0. The number of thiocarbonyl (C=S) groups is 2. The van der Waals surface area contributed by atoms with Crippen molar-refractivity contribution in [1.82, 2.24) is 21.1 Å². The van der Waals surface area contributed by atoms with Crippen LogP contribution in [-0.4, -0.2) is 54.5 Å². The van der Waals surface area contributed by atoms with Crippen molar-refractivity contribution >= 4 is 40.3 Å². The summed E-state index contributed by atoms with van der Waals surface area (Å²) in [5.41, 5.74) is 9.12. The average molecular weight is 368 g/mol. The number of ether oxygens (including phenoxy) is 1. The largest absolute Gasteiger partial charge is 0.379 e. The van der Waals surface area contributed by atoms with Crippen LogP contribution in [0.25, 0.3) is 0 Å². The summed E-state index contributed by atoms with van der Waals surface area (Å²) in [7, 11) is 0. The van der Waals surface area contributed by atoms with E-state index < -0.39 is 0 Å². The van der Waals surface area contributed by atoms with Gasteiger partial charge in [-0.05, 0) is 61.5 Å². The molecule has 1 aliphatic heterocycles. The lowest BCUT2D eigenvalue weighted by molar-refractivity contribution is 0.0389. The molecule has 4 N–H and O–H groups in total. The van der Waals surface area contributed by atoms with E-state index in [2.05, 4.69) is 46.3 Å². The summed E-state index contributed by atoms with van der Waals surface area (Å²) < 4.78 is 5.32. The van der Waals surface area contributed by atoms with Gasteiger partial charge in [0.05, 0.1) is 13.2 Å². The Labute approximate surface area is 154 Å². The summed E-state index contributed by atoms with van der Waals surface area (Å²) in [6.45, 7) is 9.40. The molecule has 0 atom stereocenters. The number of nitrogens with zero attached hydrogens (tertiary/aromatic N) is 1. The van der Waals surface area contributed by atoms with Gasteiger partial charge in [-0.15, -0.1) is 0 Å². The Morgan fingerprint density at radius 3 is 2.33 bits per heavy atom. The Kier molecular flexibility index (Phi) is 7.64. The van der Waals surface area contributed by atoms with Gasteiger partial charge in [0, 0.05) is 31.9 Å². The van der Waals surface area contributed by atoms with E-state index in [-0.39, 0.29) is 0 Å². The van der Waals surface area contributed by atoms with E-state index in [4.69, 9.17) is 29.2 Å². The number of hydrogen-bond donors (Lipinski definition) is 4. The fraction of sp³-hybridized carbons (Fsp3) is 0.500. The fourth-order valence-electron chi connectivity index (χ4n) is 2.52. The minimum absolute atomic E-state index is 0.470. The normalized spacial score (nSPS) is 14.8.